The first-order valence-corrected chi connectivity index (χ1v) is 6.96. The van der Waals surface area contributed by atoms with Crippen molar-refractivity contribution in [2.45, 2.75) is 6.42 Å². The maximum Gasteiger partial charge on any atom is 0.151 e. The van der Waals surface area contributed by atoms with Gasteiger partial charge in [0.25, 0.3) is 0 Å². The summed E-state index contributed by atoms with van der Waals surface area (Å²) in [6.45, 7) is 2.53. The van der Waals surface area contributed by atoms with Gasteiger partial charge in [-0.3, -0.25) is 9.69 Å². The van der Waals surface area contributed by atoms with E-state index < -0.39 is 0 Å². The Morgan fingerprint density at radius 1 is 1.24 bits per heavy atom. The molecule has 1 fully saturated rings. The molecule has 4 heteroatoms. The molecule has 1 aliphatic rings. The summed E-state index contributed by atoms with van der Waals surface area (Å²) in [5, 5.41) is 0. The van der Waals surface area contributed by atoms with Crippen LogP contribution in [0.1, 0.15) is 5.56 Å². The molecule has 0 unspecified atom stereocenters. The molecule has 2 rings (SSSR count). The van der Waals surface area contributed by atoms with Gasteiger partial charge in [-0.25, -0.2) is 4.39 Å². The van der Waals surface area contributed by atoms with Crippen LogP contribution in [0.25, 0.3) is 0 Å². The van der Waals surface area contributed by atoms with Crippen molar-refractivity contribution in [3.8, 4) is 0 Å². The Labute approximate surface area is 105 Å². The molecule has 1 aromatic carbocycles. The molecular weight excluding hydrogens is 237 g/mol. The van der Waals surface area contributed by atoms with Crippen molar-refractivity contribution in [1.29, 1.82) is 0 Å². The zero-order chi connectivity index (χ0) is 12.1. The molecule has 2 nitrogen and oxygen atoms in total. The van der Waals surface area contributed by atoms with Gasteiger partial charge in [-0.2, -0.15) is 11.8 Å². The normalized spacial score (nSPS) is 17.0. The first kappa shape index (κ1) is 12.6. The van der Waals surface area contributed by atoms with Crippen molar-refractivity contribution in [2.24, 2.45) is 0 Å². The summed E-state index contributed by atoms with van der Waals surface area (Å²) in [5.74, 6) is 2.19. The minimum absolute atomic E-state index is 0.212. The predicted molar refractivity (Wildman–Crippen MR) is 68.9 cm³/mol. The van der Waals surface area contributed by atoms with Crippen molar-refractivity contribution >= 4 is 17.5 Å². The van der Waals surface area contributed by atoms with E-state index in [2.05, 4.69) is 4.90 Å². The second kappa shape index (κ2) is 6.17. The molecular formula is C13H16FNOS. The molecule has 0 amide bonds. The monoisotopic (exact) mass is 253 g/mol. The lowest BCUT2D eigenvalue weighted by Gasteiger charge is -2.25. The van der Waals surface area contributed by atoms with E-state index in [1.807, 2.05) is 11.8 Å². The van der Waals surface area contributed by atoms with E-state index in [0.717, 1.165) is 30.2 Å². The highest BCUT2D eigenvalue weighted by Gasteiger charge is 2.14. The maximum absolute atomic E-state index is 12.7. The van der Waals surface area contributed by atoms with Gasteiger partial charge >= 0.3 is 0 Å². The fourth-order valence-electron chi connectivity index (χ4n) is 1.89. The third kappa shape index (κ3) is 4.13. The first-order chi connectivity index (χ1) is 8.24. The highest BCUT2D eigenvalue weighted by Crippen LogP contribution is 2.10. The number of carbonyl (C=O) groups excluding carboxylic acids is 1. The van der Waals surface area contributed by atoms with Crippen molar-refractivity contribution in [1.82, 2.24) is 4.90 Å². The number of benzene rings is 1. The molecule has 1 aromatic rings. The highest BCUT2D eigenvalue weighted by atomic mass is 32.2. The van der Waals surface area contributed by atoms with E-state index >= 15 is 0 Å². The molecule has 0 aliphatic carbocycles. The van der Waals surface area contributed by atoms with E-state index in [4.69, 9.17) is 0 Å². The third-order valence-electron chi connectivity index (χ3n) is 2.82. The van der Waals surface area contributed by atoms with E-state index in [1.54, 1.807) is 12.1 Å². The van der Waals surface area contributed by atoms with Gasteiger partial charge in [0, 0.05) is 31.0 Å². The molecule has 0 saturated carbocycles. The van der Waals surface area contributed by atoms with Crippen LogP contribution in [0.15, 0.2) is 24.3 Å². The Bertz CT molecular complexity index is 374. The van der Waals surface area contributed by atoms with Gasteiger partial charge in [0.15, 0.2) is 5.78 Å². The second-order valence-corrected chi connectivity index (χ2v) is 5.46. The van der Waals surface area contributed by atoms with Crippen LogP contribution in [0.4, 0.5) is 4.39 Å². The standard InChI is InChI=1S/C13H16FNOS/c14-12-3-1-11(2-4-12)9-13(16)10-15-5-7-17-8-6-15/h1-4H,5-10H2. The van der Waals surface area contributed by atoms with Crippen LogP contribution in [0, 0.1) is 5.82 Å². The van der Waals surface area contributed by atoms with Crippen LogP contribution in [0.5, 0.6) is 0 Å². The number of hydrogen-bond acceptors (Lipinski definition) is 3. The lowest BCUT2D eigenvalue weighted by atomic mass is 10.1. The van der Waals surface area contributed by atoms with Gasteiger partial charge in [-0.15, -0.1) is 0 Å². The zero-order valence-electron chi connectivity index (χ0n) is 9.69. The van der Waals surface area contributed by atoms with E-state index in [-0.39, 0.29) is 11.6 Å². The number of Topliss-reactive ketones (excluding diaryl/α,β-unsaturated/α-hetero) is 1. The number of thioether (sulfide) groups is 1. The van der Waals surface area contributed by atoms with Crippen molar-refractivity contribution < 1.29 is 9.18 Å². The topological polar surface area (TPSA) is 20.3 Å². The van der Waals surface area contributed by atoms with Gasteiger partial charge in [-0.05, 0) is 17.7 Å². The summed E-state index contributed by atoms with van der Waals surface area (Å²) in [4.78, 5) is 14.0. The summed E-state index contributed by atoms with van der Waals surface area (Å²) in [7, 11) is 0. The van der Waals surface area contributed by atoms with Gasteiger partial charge < -0.3 is 0 Å². The Kier molecular flexibility index (Phi) is 4.57. The van der Waals surface area contributed by atoms with Crippen molar-refractivity contribution in [2.75, 3.05) is 31.1 Å². The molecule has 1 saturated heterocycles. The summed E-state index contributed by atoms with van der Waals surface area (Å²) < 4.78 is 12.7. The average molecular weight is 253 g/mol. The van der Waals surface area contributed by atoms with Crippen LogP contribution < -0.4 is 0 Å². The Hall–Kier alpha value is -0.870. The highest BCUT2D eigenvalue weighted by molar-refractivity contribution is 7.99. The Morgan fingerprint density at radius 2 is 1.88 bits per heavy atom. The SMILES string of the molecule is O=C(Cc1ccc(F)cc1)CN1CCSCC1. The fraction of sp³-hybridized carbons (Fsp3) is 0.462. The molecule has 0 bridgehead atoms. The Balaban J connectivity index is 1.82. The van der Waals surface area contributed by atoms with Gasteiger partial charge in [0.05, 0.1) is 6.54 Å². The summed E-state index contributed by atoms with van der Waals surface area (Å²) >= 11 is 1.94. The van der Waals surface area contributed by atoms with Gasteiger partial charge in [0.1, 0.15) is 5.82 Å². The number of carbonyl (C=O) groups is 1. The predicted octanol–water partition coefficient (Wildman–Crippen LogP) is 1.99. The molecule has 1 heterocycles. The van der Waals surface area contributed by atoms with Crippen LogP contribution in [0.2, 0.25) is 0 Å². The van der Waals surface area contributed by atoms with Crippen LogP contribution in [-0.4, -0.2) is 41.8 Å². The lowest BCUT2D eigenvalue weighted by molar-refractivity contribution is -0.119. The quantitative estimate of drug-likeness (QED) is 0.818. The number of halogens is 1. The first-order valence-electron chi connectivity index (χ1n) is 5.80. The minimum Gasteiger partial charge on any atom is -0.298 e. The average Bonchev–Trinajstić information content (AvgIpc) is 2.33. The number of nitrogens with zero attached hydrogens (tertiary/aromatic N) is 1. The maximum atomic E-state index is 12.7. The number of hydrogen-bond donors (Lipinski definition) is 0. The van der Waals surface area contributed by atoms with Gasteiger partial charge in [0.2, 0.25) is 0 Å². The smallest absolute Gasteiger partial charge is 0.151 e. The number of rotatable bonds is 4. The summed E-state index contributed by atoms with van der Waals surface area (Å²) in [5.41, 5.74) is 0.891. The summed E-state index contributed by atoms with van der Waals surface area (Å²) in [6, 6.07) is 6.17. The van der Waals surface area contributed by atoms with E-state index in [0.29, 0.717) is 13.0 Å². The van der Waals surface area contributed by atoms with Gasteiger partial charge in [-0.1, -0.05) is 12.1 Å². The zero-order valence-corrected chi connectivity index (χ0v) is 10.5. The second-order valence-electron chi connectivity index (χ2n) is 4.23. The van der Waals surface area contributed by atoms with E-state index in [9.17, 15) is 9.18 Å². The third-order valence-corrected chi connectivity index (χ3v) is 3.76. The van der Waals surface area contributed by atoms with Crippen molar-refractivity contribution in [3.63, 3.8) is 0 Å². The molecule has 0 aromatic heterocycles. The molecule has 92 valence electrons. The van der Waals surface area contributed by atoms with E-state index in [1.165, 1.54) is 12.1 Å². The van der Waals surface area contributed by atoms with Crippen LogP contribution >= 0.6 is 11.8 Å². The molecule has 0 radical (unpaired) electrons. The fourth-order valence-corrected chi connectivity index (χ4v) is 2.87. The lowest BCUT2D eigenvalue weighted by Crippen LogP contribution is -2.37. The molecule has 1 aliphatic heterocycles. The molecule has 0 spiro atoms. The number of ketones is 1. The molecule has 17 heavy (non-hydrogen) atoms. The largest absolute Gasteiger partial charge is 0.298 e. The molecule has 0 atom stereocenters. The van der Waals surface area contributed by atoms with Crippen molar-refractivity contribution in [3.05, 3.63) is 35.6 Å². The summed E-state index contributed by atoms with van der Waals surface area (Å²) in [6.07, 6.45) is 0.407. The van der Waals surface area contributed by atoms with Crippen LogP contribution in [0.3, 0.4) is 0 Å². The molecule has 0 N–H and O–H groups in total. The minimum atomic E-state index is -0.255. The van der Waals surface area contributed by atoms with Crippen LogP contribution in [-0.2, 0) is 11.2 Å². The Morgan fingerprint density at radius 3 is 2.53 bits per heavy atom.